The third-order valence-corrected chi connectivity index (χ3v) is 5.42. The van der Waals surface area contributed by atoms with Gasteiger partial charge in [-0.2, -0.15) is 0 Å². The van der Waals surface area contributed by atoms with Crippen molar-refractivity contribution in [2.75, 3.05) is 0 Å². The summed E-state index contributed by atoms with van der Waals surface area (Å²) >= 11 is 6.09. The van der Waals surface area contributed by atoms with E-state index in [-0.39, 0.29) is 5.60 Å². The van der Waals surface area contributed by atoms with E-state index >= 15 is 0 Å². The van der Waals surface area contributed by atoms with Gasteiger partial charge in [0, 0.05) is 10.6 Å². The lowest BCUT2D eigenvalue weighted by Crippen LogP contribution is -2.58. The smallest absolute Gasteiger partial charge is 0.0898 e. The van der Waals surface area contributed by atoms with Gasteiger partial charge in [-0.25, -0.2) is 0 Å². The summed E-state index contributed by atoms with van der Waals surface area (Å²) in [5, 5.41) is 0.255. The summed E-state index contributed by atoms with van der Waals surface area (Å²) in [6.45, 7) is 10.2. The first-order chi connectivity index (χ1) is 7.96. The van der Waals surface area contributed by atoms with Gasteiger partial charge in [0.1, 0.15) is 0 Å². The Labute approximate surface area is 118 Å². The first kappa shape index (κ1) is 15.7. The molecule has 1 aromatic carbocycles. The van der Waals surface area contributed by atoms with Crippen LogP contribution in [0.5, 0.6) is 0 Å². The van der Waals surface area contributed by atoms with Gasteiger partial charge in [-0.15, -0.1) is 0 Å². The third-order valence-electron chi connectivity index (χ3n) is 3.12. The Balaban J connectivity index is 3.30. The van der Waals surface area contributed by atoms with E-state index in [1.54, 1.807) is 0 Å². The summed E-state index contributed by atoms with van der Waals surface area (Å²) in [5.41, 5.74) is 6.72. The van der Waals surface area contributed by atoms with E-state index in [0.717, 1.165) is 20.8 Å². The van der Waals surface area contributed by atoms with Crippen molar-refractivity contribution in [3.8, 4) is 0 Å². The molecule has 0 amide bonds. The molecule has 102 valence electrons. The van der Waals surface area contributed by atoms with Crippen molar-refractivity contribution in [3.05, 3.63) is 34.9 Å². The van der Waals surface area contributed by atoms with Crippen LogP contribution in [-0.2, 0) is 9.96 Å². The zero-order valence-electron chi connectivity index (χ0n) is 12.2. The Hall–Kier alpha value is -0.353. The predicted molar refractivity (Wildman–Crippen MR) is 82.2 cm³/mol. The largest absolute Gasteiger partial charge is 0.368 e. The highest BCUT2D eigenvalue weighted by Gasteiger charge is 2.43. The Morgan fingerprint density at radius 3 is 2.11 bits per heavy atom. The van der Waals surface area contributed by atoms with E-state index in [1.807, 2.05) is 38.1 Å². The van der Waals surface area contributed by atoms with Crippen LogP contribution in [0.2, 0.25) is 5.02 Å². The second-order valence-electron chi connectivity index (χ2n) is 6.48. The molecule has 1 rings (SSSR count). The zero-order valence-corrected chi connectivity index (χ0v) is 14.9. The molecule has 0 aliphatic rings. The molecule has 1 atom stereocenters. The normalized spacial score (nSPS) is 16.6. The van der Waals surface area contributed by atoms with Crippen LogP contribution in [0.25, 0.3) is 0 Å². The molecule has 4 heteroatoms. The fourth-order valence-corrected chi connectivity index (χ4v) is 3.07. The first-order valence-corrected chi connectivity index (χ1v) is 7.59. The highest BCUT2D eigenvalue weighted by atomic mass is 35.5. The molecule has 0 saturated heterocycles. The van der Waals surface area contributed by atoms with E-state index in [9.17, 15) is 0 Å². The Morgan fingerprint density at radius 1 is 1.17 bits per heavy atom. The molecule has 0 aliphatic heterocycles. The molecule has 0 fully saturated rings. The summed E-state index contributed by atoms with van der Waals surface area (Å²) in [4.78, 5) is 0. The standard InChI is InChI=1S/C14H24ClNOSi/c1-12(2,3)17-14(18,13(4,5)16)10-7-6-8-11(15)9-10/h6-9H,16H2,1-5,18H3/t14-/m1/s1. The van der Waals surface area contributed by atoms with Crippen molar-refractivity contribution >= 4 is 21.8 Å². The van der Waals surface area contributed by atoms with Crippen LogP contribution in [-0.4, -0.2) is 21.4 Å². The predicted octanol–water partition coefficient (Wildman–Crippen LogP) is 2.41. The van der Waals surface area contributed by atoms with E-state index in [0.29, 0.717) is 0 Å². The second kappa shape index (κ2) is 4.97. The fourth-order valence-electron chi connectivity index (χ4n) is 1.96. The van der Waals surface area contributed by atoms with Crippen LogP contribution < -0.4 is 5.73 Å². The van der Waals surface area contributed by atoms with Crippen molar-refractivity contribution in [1.82, 2.24) is 0 Å². The Morgan fingerprint density at radius 2 is 1.72 bits per heavy atom. The van der Waals surface area contributed by atoms with Gasteiger partial charge in [-0.1, -0.05) is 23.7 Å². The topological polar surface area (TPSA) is 35.2 Å². The zero-order chi connectivity index (χ0) is 14.2. The van der Waals surface area contributed by atoms with Gasteiger partial charge in [0.05, 0.1) is 21.1 Å². The average molecular weight is 286 g/mol. The van der Waals surface area contributed by atoms with Crippen molar-refractivity contribution in [1.29, 1.82) is 0 Å². The van der Waals surface area contributed by atoms with Crippen molar-refractivity contribution in [2.45, 2.75) is 51.0 Å². The molecule has 0 bridgehead atoms. The van der Waals surface area contributed by atoms with Crippen LogP contribution >= 0.6 is 11.6 Å². The van der Waals surface area contributed by atoms with Crippen molar-refractivity contribution in [3.63, 3.8) is 0 Å². The van der Waals surface area contributed by atoms with Crippen LogP contribution in [0, 0.1) is 0 Å². The van der Waals surface area contributed by atoms with Gasteiger partial charge in [0.15, 0.2) is 0 Å². The summed E-state index contributed by atoms with van der Waals surface area (Å²) in [6, 6.07) is 7.81. The molecule has 0 unspecified atom stereocenters. The molecule has 2 nitrogen and oxygen atoms in total. The van der Waals surface area contributed by atoms with Gasteiger partial charge in [0.25, 0.3) is 0 Å². The lowest BCUT2D eigenvalue weighted by Gasteiger charge is -2.46. The van der Waals surface area contributed by atoms with Gasteiger partial charge in [-0.05, 0) is 52.3 Å². The number of halogens is 1. The van der Waals surface area contributed by atoms with E-state index in [1.165, 1.54) is 0 Å². The molecule has 0 aromatic heterocycles. The van der Waals surface area contributed by atoms with Gasteiger partial charge >= 0.3 is 0 Å². The molecule has 18 heavy (non-hydrogen) atoms. The summed E-state index contributed by atoms with van der Waals surface area (Å²) in [6.07, 6.45) is 0. The summed E-state index contributed by atoms with van der Waals surface area (Å²) in [5.74, 6) is 0. The molecule has 0 aliphatic carbocycles. The SMILES string of the molecule is CC(C)(C)O[C@@]([SiH3])(c1cccc(Cl)c1)C(C)(C)N. The lowest BCUT2D eigenvalue weighted by atomic mass is 9.90. The van der Waals surface area contributed by atoms with Crippen molar-refractivity contribution < 1.29 is 4.74 Å². The highest BCUT2D eigenvalue weighted by molar-refractivity contribution is 6.30. The molecular formula is C14H24ClNOSi. The molecule has 0 saturated carbocycles. The summed E-state index contributed by atoms with van der Waals surface area (Å²) < 4.78 is 6.31. The maximum atomic E-state index is 6.37. The molecule has 0 heterocycles. The van der Waals surface area contributed by atoms with Crippen LogP contribution in [0.4, 0.5) is 0 Å². The quantitative estimate of drug-likeness (QED) is 0.866. The number of hydrogen-bond donors (Lipinski definition) is 1. The highest BCUT2D eigenvalue weighted by Crippen LogP contribution is 2.36. The van der Waals surface area contributed by atoms with Gasteiger partial charge in [-0.3, -0.25) is 0 Å². The number of nitrogens with two attached hydrogens (primary N) is 1. The average Bonchev–Trinajstić information content (AvgIpc) is 2.13. The number of ether oxygens (including phenoxy) is 1. The molecule has 0 spiro atoms. The molecule has 0 radical (unpaired) electrons. The van der Waals surface area contributed by atoms with Crippen LogP contribution in [0.3, 0.4) is 0 Å². The lowest BCUT2D eigenvalue weighted by molar-refractivity contribution is -0.119. The van der Waals surface area contributed by atoms with E-state index in [4.69, 9.17) is 22.1 Å². The molecular weight excluding hydrogens is 262 g/mol. The number of rotatable bonds is 3. The van der Waals surface area contributed by atoms with Crippen LogP contribution in [0.1, 0.15) is 40.2 Å². The van der Waals surface area contributed by atoms with Gasteiger partial charge < -0.3 is 10.5 Å². The first-order valence-electron chi connectivity index (χ1n) is 6.21. The minimum absolute atomic E-state index is 0.249. The Bertz CT molecular complexity index is 423. The van der Waals surface area contributed by atoms with Crippen molar-refractivity contribution in [2.24, 2.45) is 5.73 Å². The maximum Gasteiger partial charge on any atom is 0.0898 e. The monoisotopic (exact) mass is 285 g/mol. The Kier molecular flexibility index (Phi) is 4.33. The number of benzene rings is 1. The summed E-state index contributed by atoms with van der Waals surface area (Å²) in [7, 11) is 0.788. The van der Waals surface area contributed by atoms with E-state index < -0.39 is 10.8 Å². The molecule has 1 aromatic rings. The number of hydrogen-bond acceptors (Lipinski definition) is 2. The fraction of sp³-hybridized carbons (Fsp3) is 0.571. The van der Waals surface area contributed by atoms with Crippen LogP contribution in [0.15, 0.2) is 24.3 Å². The second-order valence-corrected chi connectivity index (χ2v) is 8.32. The maximum absolute atomic E-state index is 6.37. The minimum atomic E-state index is -0.462. The van der Waals surface area contributed by atoms with Gasteiger partial charge in [0.2, 0.25) is 0 Å². The molecule has 2 N–H and O–H groups in total. The third kappa shape index (κ3) is 3.57. The minimum Gasteiger partial charge on any atom is -0.368 e. The van der Waals surface area contributed by atoms with E-state index in [2.05, 4.69) is 20.8 Å².